The highest BCUT2D eigenvalue weighted by atomic mass is 16.4. The van der Waals surface area contributed by atoms with Crippen molar-refractivity contribution in [1.82, 2.24) is 10.2 Å². The first-order valence-corrected chi connectivity index (χ1v) is 6.39. The van der Waals surface area contributed by atoms with Gasteiger partial charge in [0.05, 0.1) is 5.54 Å². The second-order valence-corrected chi connectivity index (χ2v) is 4.81. The molecule has 1 fully saturated rings. The number of aliphatic carboxylic acids is 2. The van der Waals surface area contributed by atoms with Crippen molar-refractivity contribution in [3.8, 4) is 0 Å². The van der Waals surface area contributed by atoms with Gasteiger partial charge < -0.3 is 20.4 Å². The highest BCUT2D eigenvalue weighted by molar-refractivity contribution is 5.91. The molecule has 0 saturated carbocycles. The van der Waals surface area contributed by atoms with Crippen molar-refractivity contribution >= 4 is 17.8 Å². The van der Waals surface area contributed by atoms with E-state index >= 15 is 0 Å². The van der Waals surface area contributed by atoms with Crippen LogP contribution in [0.15, 0.2) is 0 Å². The molecule has 1 heterocycles. The maximum absolute atomic E-state index is 12.5. The Hall–Kier alpha value is -1.63. The number of amides is 1. The fourth-order valence-corrected chi connectivity index (χ4v) is 2.56. The Morgan fingerprint density at radius 1 is 1.21 bits per heavy atom. The summed E-state index contributed by atoms with van der Waals surface area (Å²) in [7, 11) is 0. The third kappa shape index (κ3) is 3.92. The molecule has 0 spiro atoms. The van der Waals surface area contributed by atoms with Gasteiger partial charge in [-0.25, -0.2) is 0 Å². The Balaban J connectivity index is 2.88. The van der Waals surface area contributed by atoms with E-state index in [4.69, 9.17) is 10.2 Å². The molecule has 1 aliphatic heterocycles. The molecular formula is C12H20N2O5. The van der Waals surface area contributed by atoms with E-state index in [9.17, 15) is 14.4 Å². The molecule has 0 radical (unpaired) electrons. The Morgan fingerprint density at radius 2 is 1.79 bits per heavy atom. The maximum atomic E-state index is 12.5. The molecule has 1 aliphatic rings. The smallest absolute Gasteiger partial charge is 0.323 e. The molecule has 7 heteroatoms. The van der Waals surface area contributed by atoms with Crippen molar-refractivity contribution in [2.24, 2.45) is 0 Å². The lowest BCUT2D eigenvalue weighted by atomic mass is 9.90. The molecule has 1 atom stereocenters. The number of nitrogens with one attached hydrogen (secondary N) is 1. The summed E-state index contributed by atoms with van der Waals surface area (Å²) in [6.07, 6.45) is 2.81. The average Bonchev–Trinajstić information content (AvgIpc) is 2.76. The number of carboxylic acids is 2. The van der Waals surface area contributed by atoms with E-state index in [-0.39, 0.29) is 0 Å². The third-order valence-corrected chi connectivity index (χ3v) is 3.27. The number of hydrogen-bond donors (Lipinski definition) is 3. The van der Waals surface area contributed by atoms with Crippen molar-refractivity contribution < 1.29 is 24.6 Å². The van der Waals surface area contributed by atoms with Gasteiger partial charge >= 0.3 is 11.9 Å². The van der Waals surface area contributed by atoms with E-state index in [1.54, 1.807) is 0 Å². The second kappa shape index (κ2) is 6.51. The minimum absolute atomic E-state index is 0.420. The van der Waals surface area contributed by atoms with Gasteiger partial charge in [0.15, 0.2) is 0 Å². The van der Waals surface area contributed by atoms with E-state index in [0.29, 0.717) is 19.4 Å². The van der Waals surface area contributed by atoms with Gasteiger partial charge in [0.2, 0.25) is 5.91 Å². The topological polar surface area (TPSA) is 107 Å². The Kier molecular flexibility index (Phi) is 5.29. The summed E-state index contributed by atoms with van der Waals surface area (Å²) in [5, 5.41) is 20.7. The van der Waals surface area contributed by atoms with Crippen LogP contribution in [0.5, 0.6) is 0 Å². The van der Waals surface area contributed by atoms with Crippen LogP contribution in [0, 0.1) is 0 Å². The number of hydrogen-bond acceptors (Lipinski definition) is 4. The molecule has 7 nitrogen and oxygen atoms in total. The van der Waals surface area contributed by atoms with Gasteiger partial charge in [0.25, 0.3) is 0 Å². The van der Waals surface area contributed by atoms with E-state index < -0.39 is 36.5 Å². The minimum atomic E-state index is -1.21. The lowest BCUT2D eigenvalue weighted by molar-refractivity contribution is -0.152. The number of carbonyl (C=O) groups is 3. The quantitative estimate of drug-likeness (QED) is 0.598. The summed E-state index contributed by atoms with van der Waals surface area (Å²) < 4.78 is 0. The average molecular weight is 272 g/mol. The van der Waals surface area contributed by atoms with Gasteiger partial charge in [0.1, 0.15) is 13.1 Å². The SMILES string of the molecule is CCCC1(C(=O)N(CC(=O)O)CC(=O)O)CCCN1. The minimum Gasteiger partial charge on any atom is -0.480 e. The number of nitrogens with zero attached hydrogens (tertiary/aromatic N) is 1. The monoisotopic (exact) mass is 272 g/mol. The molecule has 1 saturated heterocycles. The standard InChI is InChI=1S/C12H20N2O5/c1-2-4-12(5-3-6-13-12)11(19)14(7-9(15)16)8-10(17)18/h13H,2-8H2,1H3,(H,15,16)(H,17,18). The van der Waals surface area contributed by atoms with Crippen LogP contribution < -0.4 is 5.32 Å². The van der Waals surface area contributed by atoms with Gasteiger partial charge in [-0.3, -0.25) is 14.4 Å². The molecule has 0 aromatic carbocycles. The van der Waals surface area contributed by atoms with Crippen molar-refractivity contribution in [3.05, 3.63) is 0 Å². The van der Waals surface area contributed by atoms with Crippen LogP contribution in [0.25, 0.3) is 0 Å². The zero-order valence-corrected chi connectivity index (χ0v) is 11.0. The van der Waals surface area contributed by atoms with E-state index in [2.05, 4.69) is 5.32 Å². The van der Waals surface area contributed by atoms with Gasteiger partial charge in [0, 0.05) is 0 Å². The predicted molar refractivity (Wildman–Crippen MR) is 66.7 cm³/mol. The van der Waals surface area contributed by atoms with Crippen molar-refractivity contribution in [3.63, 3.8) is 0 Å². The van der Waals surface area contributed by atoms with Crippen molar-refractivity contribution in [1.29, 1.82) is 0 Å². The van der Waals surface area contributed by atoms with Crippen molar-refractivity contribution in [2.45, 2.75) is 38.1 Å². The van der Waals surface area contributed by atoms with Gasteiger partial charge in [-0.05, 0) is 25.8 Å². The highest BCUT2D eigenvalue weighted by Gasteiger charge is 2.43. The first-order valence-electron chi connectivity index (χ1n) is 6.39. The Labute approximate surface area is 111 Å². The van der Waals surface area contributed by atoms with Gasteiger partial charge in [-0.1, -0.05) is 13.3 Å². The molecule has 0 aromatic rings. The van der Waals surface area contributed by atoms with Crippen LogP contribution in [0.4, 0.5) is 0 Å². The lowest BCUT2D eigenvalue weighted by Gasteiger charge is -2.33. The summed E-state index contributed by atoms with van der Waals surface area (Å²) in [6.45, 7) is 1.46. The molecule has 1 unspecified atom stereocenters. The normalized spacial score (nSPS) is 22.2. The molecule has 0 aliphatic carbocycles. The maximum Gasteiger partial charge on any atom is 0.323 e. The molecule has 3 N–H and O–H groups in total. The molecule has 1 amide bonds. The lowest BCUT2D eigenvalue weighted by Crippen LogP contribution is -2.56. The Bertz CT molecular complexity index is 347. The largest absolute Gasteiger partial charge is 0.480 e. The summed E-state index contributed by atoms with van der Waals surface area (Å²) in [4.78, 5) is 34.9. The molecule has 1 rings (SSSR count). The van der Waals surface area contributed by atoms with Crippen LogP contribution in [0.3, 0.4) is 0 Å². The van der Waals surface area contributed by atoms with Crippen LogP contribution in [0.2, 0.25) is 0 Å². The number of carbonyl (C=O) groups excluding carboxylic acids is 1. The fraction of sp³-hybridized carbons (Fsp3) is 0.750. The predicted octanol–water partition coefficient (Wildman–Crippen LogP) is -0.0935. The second-order valence-electron chi connectivity index (χ2n) is 4.81. The molecule has 0 bridgehead atoms. The molecular weight excluding hydrogens is 252 g/mol. The first kappa shape index (κ1) is 15.4. The third-order valence-electron chi connectivity index (χ3n) is 3.27. The number of rotatable bonds is 7. The summed E-state index contributed by atoms with van der Waals surface area (Å²) in [6, 6.07) is 0. The van der Waals surface area contributed by atoms with Crippen molar-refractivity contribution in [2.75, 3.05) is 19.6 Å². The summed E-state index contributed by atoms with van der Waals surface area (Å²) in [5.41, 5.74) is -0.792. The van der Waals surface area contributed by atoms with Crippen LogP contribution >= 0.6 is 0 Å². The highest BCUT2D eigenvalue weighted by Crippen LogP contribution is 2.27. The molecule has 108 valence electrons. The van der Waals surface area contributed by atoms with Gasteiger partial charge in [-0.15, -0.1) is 0 Å². The van der Waals surface area contributed by atoms with Crippen LogP contribution in [0.1, 0.15) is 32.6 Å². The van der Waals surface area contributed by atoms with Crippen LogP contribution in [-0.2, 0) is 14.4 Å². The Morgan fingerprint density at radius 3 is 2.16 bits per heavy atom. The summed E-state index contributed by atoms with van der Waals surface area (Å²) >= 11 is 0. The summed E-state index contributed by atoms with van der Waals surface area (Å²) in [5.74, 6) is -2.84. The fourth-order valence-electron chi connectivity index (χ4n) is 2.56. The molecule has 19 heavy (non-hydrogen) atoms. The molecule has 0 aromatic heterocycles. The van der Waals surface area contributed by atoms with Gasteiger partial charge in [-0.2, -0.15) is 0 Å². The van der Waals surface area contributed by atoms with Crippen LogP contribution in [-0.4, -0.2) is 58.1 Å². The zero-order valence-electron chi connectivity index (χ0n) is 11.0. The van der Waals surface area contributed by atoms with E-state index in [1.807, 2.05) is 6.92 Å². The number of carboxylic acid groups (broad SMARTS) is 2. The zero-order chi connectivity index (χ0) is 14.5. The first-order chi connectivity index (χ1) is 8.91. The van der Waals surface area contributed by atoms with E-state index in [1.165, 1.54) is 0 Å². The van der Waals surface area contributed by atoms with E-state index in [0.717, 1.165) is 17.7 Å².